The van der Waals surface area contributed by atoms with Crippen LogP contribution in [0.4, 0.5) is 4.79 Å². The minimum atomic E-state index is -0.820. The summed E-state index contributed by atoms with van der Waals surface area (Å²) in [4.78, 5) is 38.0. The van der Waals surface area contributed by atoms with E-state index in [1.807, 2.05) is 0 Å². The third-order valence-corrected chi connectivity index (χ3v) is 4.99. The van der Waals surface area contributed by atoms with Crippen LogP contribution in [0.2, 0.25) is 0 Å². The van der Waals surface area contributed by atoms with Crippen LogP contribution < -0.4 is 15.4 Å². The van der Waals surface area contributed by atoms with Gasteiger partial charge in [0.25, 0.3) is 5.91 Å². The molecule has 3 N–H and O–H groups in total. The van der Waals surface area contributed by atoms with Crippen molar-refractivity contribution in [3.05, 3.63) is 23.8 Å². The van der Waals surface area contributed by atoms with Crippen molar-refractivity contribution in [3.8, 4) is 11.5 Å². The maximum absolute atomic E-state index is 12.6. The first kappa shape index (κ1) is 18.0. The molecule has 2 fully saturated rings. The van der Waals surface area contributed by atoms with Crippen molar-refractivity contribution < 1.29 is 24.2 Å². The van der Waals surface area contributed by atoms with Gasteiger partial charge in [0, 0.05) is 6.54 Å². The van der Waals surface area contributed by atoms with Crippen LogP contribution in [0.5, 0.6) is 11.5 Å². The second-order valence-corrected chi connectivity index (χ2v) is 6.75. The molecule has 2 aliphatic rings. The Hall–Kier alpha value is -2.77. The van der Waals surface area contributed by atoms with Crippen molar-refractivity contribution >= 4 is 17.8 Å². The number of ether oxygens (including phenoxy) is 1. The summed E-state index contributed by atoms with van der Waals surface area (Å²) >= 11 is 0. The average molecular weight is 361 g/mol. The van der Waals surface area contributed by atoms with Gasteiger partial charge in [-0.1, -0.05) is 25.3 Å². The molecule has 1 heterocycles. The lowest BCUT2D eigenvalue weighted by molar-refractivity contribution is -0.135. The van der Waals surface area contributed by atoms with Gasteiger partial charge in [0.15, 0.2) is 11.5 Å². The second-order valence-electron chi connectivity index (χ2n) is 6.75. The molecule has 140 valence electrons. The lowest BCUT2D eigenvalue weighted by Gasteiger charge is -2.30. The van der Waals surface area contributed by atoms with Crippen LogP contribution in [0.25, 0.3) is 0 Å². The van der Waals surface area contributed by atoms with Gasteiger partial charge in [-0.25, -0.2) is 4.79 Å². The molecule has 26 heavy (non-hydrogen) atoms. The Morgan fingerprint density at radius 1 is 1.31 bits per heavy atom. The van der Waals surface area contributed by atoms with E-state index in [1.165, 1.54) is 13.2 Å². The van der Waals surface area contributed by atoms with E-state index in [-0.39, 0.29) is 24.7 Å². The van der Waals surface area contributed by atoms with Crippen LogP contribution in [-0.4, -0.2) is 47.0 Å². The summed E-state index contributed by atoms with van der Waals surface area (Å²) in [6.45, 7) is -0.105. The Balaban J connectivity index is 1.58. The van der Waals surface area contributed by atoms with Crippen LogP contribution in [0.3, 0.4) is 0 Å². The first-order chi connectivity index (χ1) is 12.4. The summed E-state index contributed by atoms with van der Waals surface area (Å²) in [6, 6.07) is 4.24. The molecular formula is C18H23N3O5. The number of rotatable bonds is 5. The molecule has 8 heteroatoms. The summed E-state index contributed by atoms with van der Waals surface area (Å²) < 4.78 is 5.02. The molecule has 1 saturated heterocycles. The molecule has 0 bridgehead atoms. The van der Waals surface area contributed by atoms with Crippen LogP contribution >= 0.6 is 0 Å². The van der Waals surface area contributed by atoms with Gasteiger partial charge < -0.3 is 20.5 Å². The monoisotopic (exact) mass is 361 g/mol. The summed E-state index contributed by atoms with van der Waals surface area (Å²) in [5.41, 5.74) is -0.0890. The number of methoxy groups -OCH3 is 1. The molecule has 0 radical (unpaired) electrons. The van der Waals surface area contributed by atoms with Crippen LogP contribution in [0.15, 0.2) is 18.2 Å². The lowest BCUT2D eigenvalue weighted by Crippen LogP contribution is -2.49. The zero-order chi connectivity index (χ0) is 18.7. The highest BCUT2D eigenvalue weighted by Crippen LogP contribution is 2.33. The molecule has 0 aromatic heterocycles. The molecule has 1 aliphatic carbocycles. The van der Waals surface area contributed by atoms with Gasteiger partial charge in [-0.2, -0.15) is 0 Å². The quantitative estimate of drug-likeness (QED) is 0.685. The van der Waals surface area contributed by atoms with Gasteiger partial charge in [-0.15, -0.1) is 0 Å². The Kier molecular flexibility index (Phi) is 5.01. The van der Waals surface area contributed by atoms with Gasteiger partial charge in [0.1, 0.15) is 12.1 Å². The number of carbonyl (C=O) groups excluding carboxylic acids is 3. The van der Waals surface area contributed by atoms with E-state index in [9.17, 15) is 19.5 Å². The maximum atomic E-state index is 12.6. The van der Waals surface area contributed by atoms with Crippen LogP contribution in [0, 0.1) is 0 Å². The normalized spacial score (nSPS) is 18.7. The maximum Gasteiger partial charge on any atom is 0.325 e. The first-order valence-corrected chi connectivity index (χ1v) is 8.72. The number of carbonyl (C=O) groups is 3. The molecular weight excluding hydrogens is 338 g/mol. The van der Waals surface area contributed by atoms with Crippen molar-refractivity contribution in [1.82, 2.24) is 15.5 Å². The summed E-state index contributed by atoms with van der Waals surface area (Å²) in [7, 11) is 1.44. The Bertz CT molecular complexity index is 728. The topological polar surface area (TPSA) is 108 Å². The van der Waals surface area contributed by atoms with E-state index in [1.54, 1.807) is 12.1 Å². The number of benzene rings is 1. The van der Waals surface area contributed by atoms with Gasteiger partial charge in [0.05, 0.1) is 7.11 Å². The molecule has 1 saturated carbocycles. The minimum Gasteiger partial charge on any atom is -0.504 e. The number of phenols is 1. The van der Waals surface area contributed by atoms with Gasteiger partial charge in [-0.05, 0) is 30.5 Å². The SMILES string of the molecule is COc1cc(CNC(=O)CN2C(=O)NC3(CCCCC3)C2=O)ccc1O. The predicted molar refractivity (Wildman–Crippen MR) is 92.6 cm³/mol. The summed E-state index contributed by atoms with van der Waals surface area (Å²) in [5, 5.41) is 15.0. The number of amides is 4. The van der Waals surface area contributed by atoms with Crippen molar-refractivity contribution in [3.63, 3.8) is 0 Å². The molecule has 0 unspecified atom stereocenters. The lowest BCUT2D eigenvalue weighted by atomic mass is 9.82. The highest BCUT2D eigenvalue weighted by atomic mass is 16.5. The third kappa shape index (κ3) is 3.44. The van der Waals surface area contributed by atoms with Crippen LogP contribution in [-0.2, 0) is 16.1 Å². The fourth-order valence-corrected chi connectivity index (χ4v) is 3.55. The number of phenolic OH excluding ortho intramolecular Hbond substituents is 1. The van der Waals surface area contributed by atoms with E-state index in [0.29, 0.717) is 18.6 Å². The summed E-state index contributed by atoms with van der Waals surface area (Å²) in [6.07, 6.45) is 4.11. The molecule has 1 spiro atoms. The number of nitrogens with one attached hydrogen (secondary N) is 2. The van der Waals surface area contributed by atoms with Crippen molar-refractivity contribution in [2.75, 3.05) is 13.7 Å². The van der Waals surface area contributed by atoms with Crippen molar-refractivity contribution in [2.45, 2.75) is 44.2 Å². The predicted octanol–water partition coefficient (Wildman–Crippen LogP) is 1.27. The third-order valence-electron chi connectivity index (χ3n) is 4.99. The van der Waals surface area contributed by atoms with E-state index in [2.05, 4.69) is 10.6 Å². The van der Waals surface area contributed by atoms with E-state index in [0.717, 1.165) is 29.7 Å². The Morgan fingerprint density at radius 2 is 2.04 bits per heavy atom. The number of hydrogen-bond acceptors (Lipinski definition) is 5. The fourth-order valence-electron chi connectivity index (χ4n) is 3.55. The highest BCUT2D eigenvalue weighted by Gasteiger charge is 2.51. The second kappa shape index (κ2) is 7.23. The summed E-state index contributed by atoms with van der Waals surface area (Å²) in [5.74, 6) is -0.401. The van der Waals surface area contributed by atoms with Crippen molar-refractivity contribution in [1.29, 1.82) is 0 Å². The molecule has 8 nitrogen and oxygen atoms in total. The number of nitrogens with zero attached hydrogens (tertiary/aromatic N) is 1. The van der Waals surface area contributed by atoms with E-state index < -0.39 is 17.5 Å². The zero-order valence-electron chi connectivity index (χ0n) is 14.7. The number of imide groups is 1. The smallest absolute Gasteiger partial charge is 0.325 e. The van der Waals surface area contributed by atoms with Gasteiger partial charge in [-0.3, -0.25) is 14.5 Å². The van der Waals surface area contributed by atoms with Gasteiger partial charge >= 0.3 is 6.03 Å². The van der Waals surface area contributed by atoms with Gasteiger partial charge in [0.2, 0.25) is 5.91 Å². The van der Waals surface area contributed by atoms with E-state index >= 15 is 0 Å². The zero-order valence-corrected chi connectivity index (χ0v) is 14.7. The largest absolute Gasteiger partial charge is 0.504 e. The number of urea groups is 1. The molecule has 1 aromatic rings. The number of aromatic hydroxyl groups is 1. The molecule has 3 rings (SSSR count). The molecule has 1 aliphatic heterocycles. The molecule has 0 atom stereocenters. The van der Waals surface area contributed by atoms with Crippen LogP contribution in [0.1, 0.15) is 37.7 Å². The highest BCUT2D eigenvalue weighted by molar-refractivity contribution is 6.09. The molecule has 1 aromatic carbocycles. The Labute approximate surface area is 151 Å². The standard InChI is InChI=1S/C18H23N3O5/c1-26-14-9-12(5-6-13(14)22)10-19-15(23)11-21-16(24)18(20-17(21)25)7-3-2-4-8-18/h5-6,9,22H,2-4,7-8,10-11H2,1H3,(H,19,23)(H,20,25). The Morgan fingerprint density at radius 3 is 2.73 bits per heavy atom. The fraction of sp³-hybridized carbons (Fsp3) is 0.500. The average Bonchev–Trinajstić information content (AvgIpc) is 2.85. The minimum absolute atomic E-state index is 0.0136. The number of hydrogen-bond donors (Lipinski definition) is 3. The van der Waals surface area contributed by atoms with Crippen molar-refractivity contribution in [2.24, 2.45) is 0 Å². The molecule has 4 amide bonds. The first-order valence-electron chi connectivity index (χ1n) is 8.72. The van der Waals surface area contributed by atoms with E-state index in [4.69, 9.17) is 4.74 Å².